The molecule has 2 amide bonds. The Balaban J connectivity index is 1.68. The van der Waals surface area contributed by atoms with Crippen molar-refractivity contribution in [1.29, 1.82) is 0 Å². The van der Waals surface area contributed by atoms with Crippen LogP contribution in [0.5, 0.6) is 0 Å². The van der Waals surface area contributed by atoms with E-state index in [1.54, 1.807) is 38.4 Å². The van der Waals surface area contributed by atoms with Gasteiger partial charge in [-0.05, 0) is 29.3 Å². The van der Waals surface area contributed by atoms with Gasteiger partial charge in [0, 0.05) is 25.3 Å². The predicted molar refractivity (Wildman–Crippen MR) is 114 cm³/mol. The first kappa shape index (κ1) is 20.3. The maximum absolute atomic E-state index is 12.5. The predicted octanol–water partition coefficient (Wildman–Crippen LogP) is 4.13. The summed E-state index contributed by atoms with van der Waals surface area (Å²) in [5, 5.41) is 2.80. The summed E-state index contributed by atoms with van der Waals surface area (Å²) in [6, 6.07) is 26.4. The Labute approximate surface area is 170 Å². The van der Waals surface area contributed by atoms with E-state index < -0.39 is 0 Å². The molecule has 0 spiro atoms. The minimum atomic E-state index is -0.343. The Morgan fingerprint density at radius 3 is 2.00 bits per heavy atom. The third-order valence-corrected chi connectivity index (χ3v) is 4.39. The molecule has 0 radical (unpaired) electrons. The van der Waals surface area contributed by atoms with Gasteiger partial charge in [-0.15, -0.1) is 0 Å². The van der Waals surface area contributed by atoms with E-state index in [9.17, 15) is 9.59 Å². The molecule has 0 bridgehead atoms. The molecule has 148 valence electrons. The largest absolute Gasteiger partial charge is 0.359 e. The molecule has 1 N–H and O–H groups in total. The number of amides is 2. The van der Waals surface area contributed by atoms with E-state index in [2.05, 4.69) is 5.32 Å². The SMILES string of the molecule is CN(C)C(=O)c1cccc(NC(=O)COC(c2ccccc2)c2ccccc2)c1. The second-order valence-electron chi connectivity index (χ2n) is 6.84. The lowest BCUT2D eigenvalue weighted by Gasteiger charge is -2.19. The third kappa shape index (κ3) is 5.53. The fourth-order valence-electron chi connectivity index (χ4n) is 2.98. The van der Waals surface area contributed by atoms with Crippen LogP contribution < -0.4 is 5.32 Å². The zero-order valence-electron chi connectivity index (χ0n) is 16.5. The molecule has 0 aliphatic carbocycles. The van der Waals surface area contributed by atoms with E-state index in [1.807, 2.05) is 60.7 Å². The zero-order valence-corrected chi connectivity index (χ0v) is 16.5. The molecule has 0 fully saturated rings. The van der Waals surface area contributed by atoms with E-state index in [0.29, 0.717) is 11.3 Å². The summed E-state index contributed by atoms with van der Waals surface area (Å²) in [6.45, 7) is -0.111. The fraction of sp³-hybridized carbons (Fsp3) is 0.167. The van der Waals surface area contributed by atoms with Crippen molar-refractivity contribution in [2.45, 2.75) is 6.10 Å². The monoisotopic (exact) mass is 388 g/mol. The molecule has 0 unspecified atom stereocenters. The highest BCUT2D eigenvalue weighted by Gasteiger charge is 2.16. The van der Waals surface area contributed by atoms with E-state index in [4.69, 9.17) is 4.74 Å². The lowest BCUT2D eigenvalue weighted by atomic mass is 10.0. The topological polar surface area (TPSA) is 58.6 Å². The number of nitrogens with one attached hydrogen (secondary N) is 1. The summed E-state index contributed by atoms with van der Waals surface area (Å²) in [4.78, 5) is 26.1. The second-order valence-corrected chi connectivity index (χ2v) is 6.84. The van der Waals surface area contributed by atoms with Crippen molar-refractivity contribution < 1.29 is 14.3 Å². The molecule has 0 heterocycles. The molecular weight excluding hydrogens is 364 g/mol. The van der Waals surface area contributed by atoms with Crippen LogP contribution >= 0.6 is 0 Å². The van der Waals surface area contributed by atoms with Gasteiger partial charge in [0.2, 0.25) is 5.91 Å². The standard InChI is InChI=1S/C24H24N2O3/c1-26(2)24(28)20-14-9-15-21(16-20)25-22(27)17-29-23(18-10-5-3-6-11-18)19-12-7-4-8-13-19/h3-16,23H,17H2,1-2H3,(H,25,27). The van der Waals surface area contributed by atoms with Crippen molar-refractivity contribution in [1.82, 2.24) is 4.90 Å². The van der Waals surface area contributed by atoms with Gasteiger partial charge in [-0.3, -0.25) is 9.59 Å². The molecule has 0 saturated heterocycles. The number of hydrogen-bond donors (Lipinski definition) is 1. The van der Waals surface area contributed by atoms with Gasteiger partial charge in [-0.2, -0.15) is 0 Å². The van der Waals surface area contributed by atoms with Crippen molar-refractivity contribution in [2.75, 3.05) is 26.0 Å². The minimum Gasteiger partial charge on any atom is -0.359 e. The molecule has 3 rings (SSSR count). The average molecular weight is 388 g/mol. The van der Waals surface area contributed by atoms with Crippen molar-refractivity contribution >= 4 is 17.5 Å². The smallest absolute Gasteiger partial charge is 0.253 e. The van der Waals surface area contributed by atoms with E-state index in [0.717, 1.165) is 11.1 Å². The van der Waals surface area contributed by atoms with Crippen LogP contribution in [-0.4, -0.2) is 37.4 Å². The molecule has 0 aromatic heterocycles. The Kier molecular flexibility index (Phi) is 6.76. The van der Waals surface area contributed by atoms with Crippen LogP contribution in [0.3, 0.4) is 0 Å². The Hall–Kier alpha value is -3.44. The van der Waals surface area contributed by atoms with Gasteiger partial charge in [0.05, 0.1) is 0 Å². The number of anilines is 1. The third-order valence-electron chi connectivity index (χ3n) is 4.39. The summed E-state index contributed by atoms with van der Waals surface area (Å²) < 4.78 is 5.98. The number of hydrogen-bond acceptors (Lipinski definition) is 3. The molecular formula is C24H24N2O3. The second kappa shape index (κ2) is 9.66. The van der Waals surface area contributed by atoms with Gasteiger partial charge in [-0.1, -0.05) is 66.7 Å². The lowest BCUT2D eigenvalue weighted by molar-refractivity contribution is -0.121. The van der Waals surface area contributed by atoms with Gasteiger partial charge in [-0.25, -0.2) is 0 Å². The highest BCUT2D eigenvalue weighted by molar-refractivity contribution is 5.97. The van der Waals surface area contributed by atoms with Gasteiger partial charge >= 0.3 is 0 Å². The molecule has 0 aliphatic rings. The van der Waals surface area contributed by atoms with Crippen LogP contribution in [0.4, 0.5) is 5.69 Å². The summed E-state index contributed by atoms with van der Waals surface area (Å²) in [5.41, 5.74) is 3.03. The fourth-order valence-corrected chi connectivity index (χ4v) is 2.98. The Morgan fingerprint density at radius 2 is 1.45 bits per heavy atom. The quantitative estimate of drug-likeness (QED) is 0.662. The summed E-state index contributed by atoms with van der Waals surface area (Å²) in [7, 11) is 3.38. The summed E-state index contributed by atoms with van der Waals surface area (Å²) in [6.07, 6.45) is -0.343. The molecule has 5 heteroatoms. The zero-order chi connectivity index (χ0) is 20.6. The van der Waals surface area contributed by atoms with Crippen molar-refractivity contribution in [3.63, 3.8) is 0 Å². The molecule has 5 nitrogen and oxygen atoms in total. The van der Waals surface area contributed by atoms with Crippen LogP contribution in [-0.2, 0) is 9.53 Å². The number of carbonyl (C=O) groups is 2. The number of ether oxygens (including phenoxy) is 1. The summed E-state index contributed by atoms with van der Waals surface area (Å²) in [5.74, 6) is -0.401. The molecule has 0 saturated carbocycles. The van der Waals surface area contributed by atoms with Gasteiger partial charge < -0.3 is 15.0 Å². The van der Waals surface area contributed by atoms with E-state index in [1.165, 1.54) is 4.90 Å². The molecule has 3 aromatic carbocycles. The van der Waals surface area contributed by atoms with Gasteiger partial charge in [0.15, 0.2) is 0 Å². The Morgan fingerprint density at radius 1 is 0.862 bits per heavy atom. The van der Waals surface area contributed by atoms with E-state index in [-0.39, 0.29) is 24.5 Å². The minimum absolute atomic E-state index is 0.111. The van der Waals surface area contributed by atoms with Crippen molar-refractivity contribution in [3.8, 4) is 0 Å². The normalized spacial score (nSPS) is 10.6. The number of nitrogens with zero attached hydrogens (tertiary/aromatic N) is 1. The summed E-state index contributed by atoms with van der Waals surface area (Å²) >= 11 is 0. The van der Waals surface area contributed by atoms with Crippen LogP contribution in [0, 0.1) is 0 Å². The van der Waals surface area contributed by atoms with Crippen molar-refractivity contribution in [2.24, 2.45) is 0 Å². The highest BCUT2D eigenvalue weighted by atomic mass is 16.5. The Bertz CT molecular complexity index is 917. The number of benzene rings is 3. The van der Waals surface area contributed by atoms with Crippen LogP contribution in [0.15, 0.2) is 84.9 Å². The first-order valence-corrected chi connectivity index (χ1v) is 9.37. The van der Waals surface area contributed by atoms with Gasteiger partial charge in [0.25, 0.3) is 5.91 Å². The molecule has 0 atom stereocenters. The molecule has 0 aliphatic heterocycles. The van der Waals surface area contributed by atoms with Gasteiger partial charge in [0.1, 0.15) is 12.7 Å². The average Bonchev–Trinajstić information content (AvgIpc) is 2.75. The highest BCUT2D eigenvalue weighted by Crippen LogP contribution is 2.25. The lowest BCUT2D eigenvalue weighted by Crippen LogP contribution is -2.23. The van der Waals surface area contributed by atoms with Crippen molar-refractivity contribution in [3.05, 3.63) is 102 Å². The number of carbonyl (C=O) groups excluding carboxylic acids is 2. The van der Waals surface area contributed by atoms with E-state index >= 15 is 0 Å². The first-order valence-electron chi connectivity index (χ1n) is 9.37. The van der Waals surface area contributed by atoms with Crippen LogP contribution in [0.2, 0.25) is 0 Å². The maximum Gasteiger partial charge on any atom is 0.253 e. The molecule has 3 aromatic rings. The molecule has 29 heavy (non-hydrogen) atoms. The van der Waals surface area contributed by atoms with Crippen LogP contribution in [0.25, 0.3) is 0 Å². The first-order chi connectivity index (χ1) is 14.0. The maximum atomic E-state index is 12.5. The number of rotatable bonds is 7. The van der Waals surface area contributed by atoms with Crippen LogP contribution in [0.1, 0.15) is 27.6 Å².